The third kappa shape index (κ3) is 2.21. The number of hydrogen-bond acceptors (Lipinski definition) is 0. The van der Waals surface area contributed by atoms with Crippen molar-refractivity contribution < 1.29 is 24.4 Å². The third-order valence-corrected chi connectivity index (χ3v) is 4.01. The first kappa shape index (κ1) is 10.0. The summed E-state index contributed by atoms with van der Waals surface area (Å²) in [4.78, 5) is 0. The van der Waals surface area contributed by atoms with E-state index in [4.69, 9.17) is 34.8 Å². The van der Waals surface area contributed by atoms with Gasteiger partial charge in [0.25, 0.3) is 0 Å². The molecule has 0 bridgehead atoms. The van der Waals surface area contributed by atoms with Crippen molar-refractivity contribution in [3.63, 3.8) is 0 Å². The Morgan fingerprint density at radius 2 is 1.73 bits per heavy atom. The van der Waals surface area contributed by atoms with Gasteiger partial charge < -0.3 is 0 Å². The van der Waals surface area contributed by atoms with Gasteiger partial charge in [-0.3, -0.25) is 0 Å². The Morgan fingerprint density at radius 1 is 1.09 bits per heavy atom. The molecule has 0 amide bonds. The molecule has 0 N–H and O–H groups in total. The second-order valence-corrected chi connectivity index (χ2v) is 4.44. The van der Waals surface area contributed by atoms with Gasteiger partial charge in [0.15, 0.2) is 0 Å². The Morgan fingerprint density at radius 3 is 2.27 bits per heavy atom. The van der Waals surface area contributed by atoms with Crippen LogP contribution in [0.5, 0.6) is 0 Å². The van der Waals surface area contributed by atoms with Crippen molar-refractivity contribution in [2.75, 3.05) is 0 Å². The zero-order valence-electron chi connectivity index (χ0n) is 5.50. The average molecular weight is 373 g/mol. The maximum atomic E-state index is 5.90. The minimum absolute atomic E-state index is 0.474. The monoisotopic (exact) mass is 373 g/mol. The SMILES string of the molecule is Clc1ccc([CH2][Hf])c(Cl)c1Cl. The molecule has 0 radical (unpaired) electrons. The summed E-state index contributed by atoms with van der Waals surface area (Å²) >= 11 is 18.5. The summed E-state index contributed by atoms with van der Waals surface area (Å²) in [6.45, 7) is 0. The van der Waals surface area contributed by atoms with E-state index >= 15 is 0 Å². The van der Waals surface area contributed by atoms with Gasteiger partial charge in [0.2, 0.25) is 0 Å². The number of halogens is 3. The quantitative estimate of drug-likeness (QED) is 0.521. The molecule has 0 aliphatic heterocycles. The van der Waals surface area contributed by atoms with Crippen LogP contribution in [0.15, 0.2) is 12.1 Å². The van der Waals surface area contributed by atoms with Crippen molar-refractivity contribution in [2.24, 2.45) is 0 Å². The van der Waals surface area contributed by atoms with Crippen molar-refractivity contribution in [3.8, 4) is 0 Å². The van der Waals surface area contributed by atoms with E-state index in [1.165, 1.54) is 0 Å². The van der Waals surface area contributed by atoms with Crippen molar-refractivity contribution in [3.05, 3.63) is 32.8 Å². The molecular formula is C7H4Cl3Hf. The van der Waals surface area contributed by atoms with E-state index in [1.807, 2.05) is 6.07 Å². The molecule has 0 fully saturated rings. The molecule has 0 aliphatic carbocycles. The molecule has 57 valence electrons. The first-order valence-electron chi connectivity index (χ1n) is 2.93. The Hall–Kier alpha value is 0.960. The summed E-state index contributed by atoms with van der Waals surface area (Å²) in [5.41, 5.74) is 1.09. The van der Waals surface area contributed by atoms with Gasteiger partial charge >= 0.3 is 96.1 Å². The summed E-state index contributed by atoms with van der Waals surface area (Å²) in [5, 5.41) is 1.60. The second kappa shape index (κ2) is 4.27. The maximum absolute atomic E-state index is 5.90. The van der Waals surface area contributed by atoms with Crippen LogP contribution in [0.4, 0.5) is 0 Å². The molecule has 0 aliphatic rings. The normalized spacial score (nSPS) is 10.0. The van der Waals surface area contributed by atoms with Crippen LogP contribution in [0.2, 0.25) is 15.1 Å². The first-order valence-corrected chi connectivity index (χ1v) is 6.61. The van der Waals surface area contributed by atoms with Crippen molar-refractivity contribution in [2.45, 2.75) is 4.18 Å². The Labute approximate surface area is 95.4 Å². The fourth-order valence-corrected chi connectivity index (χ4v) is 2.79. The molecule has 11 heavy (non-hydrogen) atoms. The summed E-state index contributed by atoms with van der Waals surface area (Å²) in [7, 11) is 0. The van der Waals surface area contributed by atoms with E-state index in [1.54, 1.807) is 6.07 Å². The van der Waals surface area contributed by atoms with Crippen LogP contribution in [0.1, 0.15) is 5.56 Å². The van der Waals surface area contributed by atoms with Crippen LogP contribution in [-0.4, -0.2) is 0 Å². The molecule has 4 heteroatoms. The molecule has 0 saturated carbocycles. The topological polar surface area (TPSA) is 0 Å². The van der Waals surface area contributed by atoms with Crippen LogP contribution in [0.3, 0.4) is 0 Å². The second-order valence-electron chi connectivity index (χ2n) is 2.01. The van der Waals surface area contributed by atoms with Gasteiger partial charge in [-0.2, -0.15) is 0 Å². The number of rotatable bonds is 1. The van der Waals surface area contributed by atoms with Crippen LogP contribution in [0.25, 0.3) is 0 Å². The van der Waals surface area contributed by atoms with Crippen LogP contribution >= 0.6 is 34.8 Å². The molecule has 1 aromatic carbocycles. The molecular weight excluding hydrogens is 369 g/mol. The number of hydrogen-bond donors (Lipinski definition) is 0. The molecule has 0 unspecified atom stereocenters. The standard InChI is InChI=1S/C7H4Cl3.Hf/c1-4-2-3-5(8)7(10)6(4)9;/h2-3H,1H2;. The Balaban J connectivity index is 3.25. The third-order valence-electron chi connectivity index (χ3n) is 1.31. The van der Waals surface area contributed by atoms with Crippen molar-refractivity contribution in [1.29, 1.82) is 0 Å². The van der Waals surface area contributed by atoms with Crippen molar-refractivity contribution >= 4 is 34.8 Å². The van der Waals surface area contributed by atoms with Gasteiger partial charge in [-0.05, 0) is 0 Å². The van der Waals surface area contributed by atoms with Gasteiger partial charge in [-0.1, -0.05) is 0 Å². The van der Waals surface area contributed by atoms with Crippen molar-refractivity contribution in [1.82, 2.24) is 0 Å². The van der Waals surface area contributed by atoms with Crippen LogP contribution < -0.4 is 0 Å². The summed E-state index contributed by atoms with van der Waals surface area (Å²) in [5.74, 6) is 0. The molecule has 0 atom stereocenters. The predicted molar refractivity (Wildman–Crippen MR) is 45.2 cm³/mol. The van der Waals surface area contributed by atoms with Gasteiger partial charge in [0, 0.05) is 0 Å². The Bertz CT molecular complexity index is 273. The molecule has 0 heterocycles. The first-order chi connectivity index (χ1) is 5.16. The van der Waals surface area contributed by atoms with E-state index in [2.05, 4.69) is 0 Å². The van der Waals surface area contributed by atoms with Crippen LogP contribution in [0, 0.1) is 0 Å². The molecule has 0 aromatic heterocycles. The molecule has 0 saturated heterocycles. The zero-order chi connectivity index (χ0) is 8.43. The van der Waals surface area contributed by atoms with Gasteiger partial charge in [-0.15, -0.1) is 0 Å². The molecule has 0 spiro atoms. The molecule has 1 rings (SSSR count). The summed E-state index contributed by atoms with van der Waals surface area (Å²) in [6.07, 6.45) is 0. The van der Waals surface area contributed by atoms with E-state index < -0.39 is 0 Å². The summed E-state index contributed by atoms with van der Waals surface area (Å²) in [6, 6.07) is 3.70. The summed E-state index contributed by atoms with van der Waals surface area (Å²) < 4.78 is 1.01. The fraction of sp³-hybridized carbons (Fsp3) is 0.143. The van der Waals surface area contributed by atoms with E-state index in [0.29, 0.717) is 15.1 Å². The van der Waals surface area contributed by atoms with E-state index in [0.717, 1.165) is 34.1 Å². The van der Waals surface area contributed by atoms with Gasteiger partial charge in [0.1, 0.15) is 0 Å². The van der Waals surface area contributed by atoms with E-state index in [9.17, 15) is 0 Å². The van der Waals surface area contributed by atoms with Gasteiger partial charge in [0.05, 0.1) is 0 Å². The van der Waals surface area contributed by atoms with Crippen LogP contribution in [-0.2, 0) is 28.6 Å². The number of benzene rings is 1. The molecule has 0 nitrogen and oxygen atoms in total. The fourth-order valence-electron chi connectivity index (χ4n) is 0.702. The predicted octanol–water partition coefficient (Wildman–Crippen LogP) is 3.69. The molecule has 1 aromatic rings. The van der Waals surface area contributed by atoms with E-state index in [-0.39, 0.29) is 0 Å². The van der Waals surface area contributed by atoms with Gasteiger partial charge in [-0.25, -0.2) is 0 Å². The average Bonchev–Trinajstić information content (AvgIpc) is 2.01. The Kier molecular flexibility index (Phi) is 3.90. The zero-order valence-corrected chi connectivity index (χ0v) is 11.4. The minimum atomic E-state index is 0.474.